The molecule has 8 heteroatoms. The number of anilines is 6. The van der Waals surface area contributed by atoms with Gasteiger partial charge >= 0.3 is 5.97 Å². The van der Waals surface area contributed by atoms with E-state index in [1.807, 2.05) is 0 Å². The smallest absolute Gasteiger partial charge is 0.305 e. The Morgan fingerprint density at radius 2 is 0.896 bits per heavy atom. The molecule has 67 heavy (non-hydrogen) atoms. The van der Waals surface area contributed by atoms with E-state index in [-0.39, 0.29) is 5.97 Å². The molecule has 0 atom stereocenters. The number of carbonyl (C=O) groups excluding carboxylic acids is 1. The van der Waals surface area contributed by atoms with Crippen LogP contribution in [-0.2, 0) is 22.4 Å². The van der Waals surface area contributed by atoms with Gasteiger partial charge in [-0.2, -0.15) is 0 Å². The highest BCUT2D eigenvalue weighted by Crippen LogP contribution is 2.43. The minimum absolute atomic E-state index is 0.205. The Morgan fingerprint density at radius 3 is 1.33 bits per heavy atom. The van der Waals surface area contributed by atoms with Gasteiger partial charge in [0.15, 0.2) is 0 Å². The summed E-state index contributed by atoms with van der Waals surface area (Å²) in [6.07, 6.45) is 3.17. The number of hydrogen-bond donors (Lipinski definition) is 0. The van der Waals surface area contributed by atoms with Gasteiger partial charge in [0.1, 0.15) is 10.0 Å². The molecule has 2 heterocycles. The number of thiazole rings is 2. The third-order valence-electron chi connectivity index (χ3n) is 12.4. The van der Waals surface area contributed by atoms with Crippen molar-refractivity contribution in [3.8, 4) is 21.1 Å². The van der Waals surface area contributed by atoms with Gasteiger partial charge in [-0.1, -0.05) is 110 Å². The van der Waals surface area contributed by atoms with Gasteiger partial charge in [-0.15, -0.1) is 22.7 Å². The first kappa shape index (κ1) is 42.0. The molecule has 11 aromatic rings. The molecule has 0 aliphatic rings. The number of hydrogen-bond acceptors (Lipinski definition) is 8. The van der Waals surface area contributed by atoms with Crippen molar-refractivity contribution in [3.63, 3.8) is 0 Å². The molecule has 0 aliphatic carbocycles. The van der Waals surface area contributed by atoms with Crippen molar-refractivity contribution in [2.24, 2.45) is 0 Å². The number of aryl methyl sites for hydroxylation is 2. The van der Waals surface area contributed by atoms with Crippen LogP contribution in [0.3, 0.4) is 0 Å². The summed E-state index contributed by atoms with van der Waals surface area (Å²) < 4.78 is 7.10. The van der Waals surface area contributed by atoms with E-state index < -0.39 is 0 Å². The lowest BCUT2D eigenvalue weighted by Gasteiger charge is -2.27. The van der Waals surface area contributed by atoms with Crippen molar-refractivity contribution >= 4 is 105 Å². The zero-order valence-electron chi connectivity index (χ0n) is 37.2. The summed E-state index contributed by atoms with van der Waals surface area (Å²) in [5.74, 6) is -0.205. The number of benzene rings is 9. The third kappa shape index (κ3) is 8.42. The SMILES string of the molecule is CCCc1ccc(N(c2ccc(-c3nc4cc5sc(-c6ccc(N(c7ccc(CCC(=O)OC)cc7)c7cccc8ccccc78)cc6)nc5cc4s3)cc2)c2cccc3ccccc23)cc1. The zero-order chi connectivity index (χ0) is 45.3. The van der Waals surface area contributed by atoms with Gasteiger partial charge < -0.3 is 14.5 Å². The number of rotatable bonds is 13. The van der Waals surface area contributed by atoms with Crippen LogP contribution in [0.25, 0.3) is 63.1 Å². The zero-order valence-corrected chi connectivity index (χ0v) is 38.9. The second-order valence-corrected chi connectivity index (χ2v) is 18.8. The molecule has 0 N–H and O–H groups in total. The number of fused-ring (bicyclic) bond motifs is 4. The number of esters is 1. The van der Waals surface area contributed by atoms with E-state index in [1.54, 1.807) is 22.7 Å². The maximum atomic E-state index is 11.8. The molecule has 0 amide bonds. The highest BCUT2D eigenvalue weighted by molar-refractivity contribution is 7.23. The lowest BCUT2D eigenvalue weighted by Crippen LogP contribution is -2.10. The minimum Gasteiger partial charge on any atom is -0.469 e. The van der Waals surface area contributed by atoms with Crippen LogP contribution in [0.2, 0.25) is 0 Å². The third-order valence-corrected chi connectivity index (χ3v) is 14.6. The van der Waals surface area contributed by atoms with E-state index in [0.717, 1.165) is 99.5 Å². The largest absolute Gasteiger partial charge is 0.469 e. The Hall–Kier alpha value is -7.65. The second kappa shape index (κ2) is 18.3. The number of methoxy groups -OCH3 is 1. The Kier molecular flexibility index (Phi) is 11.5. The molecule has 9 aromatic carbocycles. The summed E-state index contributed by atoms with van der Waals surface area (Å²) in [7, 11) is 1.43. The maximum Gasteiger partial charge on any atom is 0.305 e. The van der Waals surface area contributed by atoms with Crippen molar-refractivity contribution in [2.45, 2.75) is 32.6 Å². The Bertz CT molecular complexity index is 3480. The van der Waals surface area contributed by atoms with Gasteiger partial charge in [0.05, 0.1) is 38.9 Å². The van der Waals surface area contributed by atoms with Crippen molar-refractivity contribution in [2.75, 3.05) is 16.9 Å². The maximum absolute atomic E-state index is 11.8. The van der Waals surface area contributed by atoms with Gasteiger partial charge in [-0.05, 0) is 132 Å². The topological polar surface area (TPSA) is 58.6 Å². The molecule has 6 nitrogen and oxygen atoms in total. The van der Waals surface area contributed by atoms with E-state index in [2.05, 4.69) is 211 Å². The average Bonchev–Trinajstić information content (AvgIpc) is 4.00. The summed E-state index contributed by atoms with van der Waals surface area (Å²) in [5.41, 5.74) is 13.1. The predicted molar refractivity (Wildman–Crippen MR) is 282 cm³/mol. The van der Waals surface area contributed by atoms with Crippen molar-refractivity contribution in [1.82, 2.24) is 9.97 Å². The molecule has 0 radical (unpaired) electrons. The first-order valence-electron chi connectivity index (χ1n) is 22.7. The number of carbonyl (C=O) groups is 1. The molecular weight excluding hydrogens is 861 g/mol. The molecule has 0 bridgehead atoms. The molecule has 0 saturated carbocycles. The fourth-order valence-corrected chi connectivity index (χ4v) is 11.0. The minimum atomic E-state index is -0.205. The van der Waals surface area contributed by atoms with Gasteiger partial charge in [0.2, 0.25) is 0 Å². The highest BCUT2D eigenvalue weighted by atomic mass is 32.1. The van der Waals surface area contributed by atoms with Gasteiger partial charge in [0, 0.05) is 51.1 Å². The molecular formula is C59H46N4O2S2. The van der Waals surface area contributed by atoms with Crippen molar-refractivity contribution in [1.29, 1.82) is 0 Å². The van der Waals surface area contributed by atoms with Crippen molar-refractivity contribution < 1.29 is 9.53 Å². The van der Waals surface area contributed by atoms with Crippen LogP contribution in [0.4, 0.5) is 34.1 Å². The van der Waals surface area contributed by atoms with Crippen LogP contribution in [0, 0.1) is 0 Å². The molecule has 326 valence electrons. The first-order valence-corrected chi connectivity index (χ1v) is 24.4. The number of ether oxygens (including phenoxy) is 1. The molecule has 0 unspecified atom stereocenters. The Labute approximate surface area is 398 Å². The van der Waals surface area contributed by atoms with E-state index in [0.29, 0.717) is 12.8 Å². The van der Waals surface area contributed by atoms with Gasteiger partial charge in [-0.25, -0.2) is 9.97 Å². The summed E-state index contributed by atoms with van der Waals surface area (Å²) in [6, 6.07) is 69.4. The second-order valence-electron chi connectivity index (χ2n) is 16.7. The van der Waals surface area contributed by atoms with Crippen LogP contribution in [0.5, 0.6) is 0 Å². The molecule has 0 spiro atoms. The molecule has 0 saturated heterocycles. The average molecular weight is 907 g/mol. The highest BCUT2D eigenvalue weighted by Gasteiger charge is 2.19. The Balaban J connectivity index is 0.875. The van der Waals surface area contributed by atoms with Gasteiger partial charge in [0.25, 0.3) is 0 Å². The van der Waals surface area contributed by atoms with E-state index in [1.165, 1.54) is 28.8 Å². The lowest BCUT2D eigenvalue weighted by molar-refractivity contribution is -0.140. The molecule has 11 rings (SSSR count). The van der Waals surface area contributed by atoms with E-state index in [4.69, 9.17) is 14.7 Å². The van der Waals surface area contributed by atoms with Crippen LogP contribution in [0.1, 0.15) is 30.9 Å². The van der Waals surface area contributed by atoms with Crippen LogP contribution in [-0.4, -0.2) is 23.0 Å². The first-order chi connectivity index (χ1) is 33.0. The quantitative estimate of drug-likeness (QED) is 0.107. The normalized spacial score (nSPS) is 11.4. The Morgan fingerprint density at radius 1 is 0.493 bits per heavy atom. The summed E-state index contributed by atoms with van der Waals surface area (Å²) >= 11 is 3.40. The standard InChI is InChI=1S/C59H46N4O2S2/c1-3-10-39-19-28-45(29-20-39)62(53-17-8-13-41-11-4-6-15-49(41)53)47-32-24-43(25-33-47)58-60-51-37-56-52(38-55(51)66-58)61-59(67-56)44-26-34-48(35-27-44)63(54-18-9-14-42-12-5-7-16-50(42)54)46-30-21-40(22-31-46)23-36-57(64)65-2/h4-9,11-22,24-35,37-38H,3,10,23,36H2,1-2H3. The number of aromatic nitrogens is 2. The van der Waals surface area contributed by atoms with E-state index in [9.17, 15) is 4.79 Å². The van der Waals surface area contributed by atoms with Crippen LogP contribution in [0.15, 0.2) is 194 Å². The summed E-state index contributed by atoms with van der Waals surface area (Å²) in [4.78, 5) is 26.8. The van der Waals surface area contributed by atoms with Gasteiger partial charge in [-0.3, -0.25) is 4.79 Å². The molecule has 0 fully saturated rings. The molecule has 0 aliphatic heterocycles. The monoisotopic (exact) mass is 906 g/mol. The van der Waals surface area contributed by atoms with Crippen LogP contribution < -0.4 is 9.80 Å². The number of nitrogens with zero attached hydrogens (tertiary/aromatic N) is 4. The fourth-order valence-electron chi connectivity index (χ4n) is 9.02. The predicted octanol–water partition coefficient (Wildman–Crippen LogP) is 16.5. The fraction of sp³-hybridized carbons (Fsp3) is 0.102. The van der Waals surface area contributed by atoms with Crippen LogP contribution >= 0.6 is 22.7 Å². The molecule has 2 aromatic heterocycles. The van der Waals surface area contributed by atoms with E-state index >= 15 is 0 Å². The summed E-state index contributed by atoms with van der Waals surface area (Å²) in [5, 5.41) is 6.72. The lowest BCUT2D eigenvalue weighted by atomic mass is 10.0. The summed E-state index contributed by atoms with van der Waals surface area (Å²) in [6.45, 7) is 2.23. The van der Waals surface area contributed by atoms with Crippen molar-refractivity contribution in [3.05, 3.63) is 205 Å².